The van der Waals surface area contributed by atoms with Gasteiger partial charge in [-0.25, -0.2) is 0 Å². The van der Waals surface area contributed by atoms with Gasteiger partial charge in [0.05, 0.1) is 11.5 Å². The van der Waals surface area contributed by atoms with E-state index in [4.69, 9.17) is 4.74 Å². The van der Waals surface area contributed by atoms with Crippen LogP contribution in [0.15, 0.2) is 24.3 Å². The third kappa shape index (κ3) is 5.26. The second-order valence-corrected chi connectivity index (χ2v) is 4.31. The highest BCUT2D eigenvalue weighted by atomic mass is 16.6. The molecule has 5 heteroatoms. The summed E-state index contributed by atoms with van der Waals surface area (Å²) in [5.41, 5.74) is 0.0336. The Balaban J connectivity index is 2.32. The van der Waals surface area contributed by atoms with Crippen LogP contribution < -0.4 is 4.74 Å². The van der Waals surface area contributed by atoms with Crippen molar-refractivity contribution in [3.63, 3.8) is 0 Å². The molecule has 0 aromatic heterocycles. The van der Waals surface area contributed by atoms with Crippen LogP contribution >= 0.6 is 0 Å². The fourth-order valence-corrected chi connectivity index (χ4v) is 1.89. The SMILES string of the molecule is CCN(CC)CCCCOc1ccccc1[N+](=O)[O-]. The maximum Gasteiger partial charge on any atom is 0.310 e. The van der Waals surface area contributed by atoms with Crippen molar-refractivity contribution >= 4 is 5.69 Å². The Kier molecular flexibility index (Phi) is 6.89. The molecule has 0 N–H and O–H groups in total. The van der Waals surface area contributed by atoms with Crippen molar-refractivity contribution in [2.75, 3.05) is 26.2 Å². The lowest BCUT2D eigenvalue weighted by molar-refractivity contribution is -0.385. The largest absolute Gasteiger partial charge is 0.487 e. The molecule has 0 aliphatic carbocycles. The molecule has 0 aliphatic rings. The summed E-state index contributed by atoms with van der Waals surface area (Å²) in [4.78, 5) is 12.7. The molecule has 5 nitrogen and oxygen atoms in total. The lowest BCUT2D eigenvalue weighted by atomic mass is 10.3. The van der Waals surface area contributed by atoms with E-state index in [1.807, 2.05) is 0 Å². The maximum absolute atomic E-state index is 10.8. The second-order valence-electron chi connectivity index (χ2n) is 4.31. The number of rotatable bonds is 9. The number of hydrogen-bond acceptors (Lipinski definition) is 4. The molecule has 1 rings (SSSR count). The van der Waals surface area contributed by atoms with Crippen molar-refractivity contribution < 1.29 is 9.66 Å². The predicted molar refractivity (Wildman–Crippen MR) is 75.6 cm³/mol. The van der Waals surface area contributed by atoms with Gasteiger partial charge in [0.25, 0.3) is 0 Å². The smallest absolute Gasteiger partial charge is 0.310 e. The molecule has 0 heterocycles. The summed E-state index contributed by atoms with van der Waals surface area (Å²) in [7, 11) is 0. The summed E-state index contributed by atoms with van der Waals surface area (Å²) in [5, 5.41) is 10.8. The normalized spacial score (nSPS) is 10.7. The van der Waals surface area contributed by atoms with Crippen LogP contribution in [0.5, 0.6) is 5.75 Å². The molecule has 0 spiro atoms. The first kappa shape index (κ1) is 15.4. The van der Waals surface area contributed by atoms with Gasteiger partial charge in [0, 0.05) is 6.07 Å². The van der Waals surface area contributed by atoms with E-state index in [9.17, 15) is 10.1 Å². The highest BCUT2D eigenvalue weighted by molar-refractivity contribution is 5.45. The fraction of sp³-hybridized carbons (Fsp3) is 0.571. The number of para-hydroxylation sites is 2. The molecular formula is C14H22N2O3. The Hall–Kier alpha value is -1.62. The van der Waals surface area contributed by atoms with E-state index in [0.29, 0.717) is 12.4 Å². The number of ether oxygens (including phenoxy) is 1. The third-order valence-corrected chi connectivity index (χ3v) is 3.08. The van der Waals surface area contributed by atoms with E-state index in [0.717, 1.165) is 32.5 Å². The van der Waals surface area contributed by atoms with Crippen molar-refractivity contribution in [3.05, 3.63) is 34.4 Å². The molecule has 0 saturated heterocycles. The fourth-order valence-electron chi connectivity index (χ4n) is 1.89. The third-order valence-electron chi connectivity index (χ3n) is 3.08. The van der Waals surface area contributed by atoms with Gasteiger partial charge in [0.1, 0.15) is 0 Å². The minimum absolute atomic E-state index is 0.0336. The summed E-state index contributed by atoms with van der Waals surface area (Å²) in [6, 6.07) is 6.50. The van der Waals surface area contributed by atoms with Gasteiger partial charge in [-0.05, 0) is 38.5 Å². The van der Waals surface area contributed by atoms with Crippen molar-refractivity contribution in [2.45, 2.75) is 26.7 Å². The molecule has 0 amide bonds. The lowest BCUT2D eigenvalue weighted by Crippen LogP contribution is -2.24. The first-order chi connectivity index (χ1) is 9.19. The molecule has 0 aliphatic heterocycles. The van der Waals surface area contributed by atoms with Crippen molar-refractivity contribution in [1.82, 2.24) is 4.90 Å². The molecule has 1 aromatic carbocycles. The molecule has 106 valence electrons. The van der Waals surface area contributed by atoms with Gasteiger partial charge in [-0.2, -0.15) is 0 Å². The number of nitro benzene ring substituents is 1. The summed E-state index contributed by atoms with van der Waals surface area (Å²) in [6.07, 6.45) is 1.95. The van der Waals surface area contributed by atoms with Crippen LogP contribution in [0.3, 0.4) is 0 Å². The Morgan fingerprint density at radius 1 is 1.21 bits per heavy atom. The van der Waals surface area contributed by atoms with E-state index in [2.05, 4.69) is 18.7 Å². The molecule has 0 radical (unpaired) electrons. The molecule has 0 bridgehead atoms. The van der Waals surface area contributed by atoms with Crippen LogP contribution in [0, 0.1) is 10.1 Å². The van der Waals surface area contributed by atoms with E-state index in [1.54, 1.807) is 18.2 Å². The lowest BCUT2D eigenvalue weighted by Gasteiger charge is -2.17. The number of benzene rings is 1. The van der Waals surface area contributed by atoms with Crippen molar-refractivity contribution in [3.8, 4) is 5.75 Å². The molecule has 19 heavy (non-hydrogen) atoms. The zero-order valence-electron chi connectivity index (χ0n) is 11.7. The number of nitro groups is 1. The summed E-state index contributed by atoms with van der Waals surface area (Å²) >= 11 is 0. The Morgan fingerprint density at radius 2 is 1.89 bits per heavy atom. The second kappa shape index (κ2) is 8.48. The van der Waals surface area contributed by atoms with Crippen LogP contribution in [-0.2, 0) is 0 Å². The minimum Gasteiger partial charge on any atom is -0.487 e. The molecule has 1 aromatic rings. The standard InChI is InChI=1S/C14H22N2O3/c1-3-15(4-2)11-7-8-12-19-14-10-6-5-9-13(14)16(17)18/h5-6,9-10H,3-4,7-8,11-12H2,1-2H3. The number of nitrogens with zero attached hydrogens (tertiary/aromatic N) is 2. The van der Waals surface area contributed by atoms with Crippen LogP contribution in [0.1, 0.15) is 26.7 Å². The van der Waals surface area contributed by atoms with Gasteiger partial charge in [-0.15, -0.1) is 0 Å². The Morgan fingerprint density at radius 3 is 2.53 bits per heavy atom. The predicted octanol–water partition coefficient (Wildman–Crippen LogP) is 3.10. The van der Waals surface area contributed by atoms with Crippen LogP contribution in [0.2, 0.25) is 0 Å². The van der Waals surface area contributed by atoms with Gasteiger partial charge in [0.2, 0.25) is 0 Å². The average molecular weight is 266 g/mol. The minimum atomic E-state index is -0.411. The van der Waals surface area contributed by atoms with E-state index in [-0.39, 0.29) is 5.69 Å². The molecule has 0 saturated carbocycles. The van der Waals surface area contributed by atoms with E-state index in [1.165, 1.54) is 6.07 Å². The molecular weight excluding hydrogens is 244 g/mol. The first-order valence-corrected chi connectivity index (χ1v) is 6.77. The van der Waals surface area contributed by atoms with Crippen molar-refractivity contribution in [1.29, 1.82) is 0 Å². The topological polar surface area (TPSA) is 55.6 Å². The van der Waals surface area contributed by atoms with Crippen molar-refractivity contribution in [2.24, 2.45) is 0 Å². The van der Waals surface area contributed by atoms with E-state index >= 15 is 0 Å². The maximum atomic E-state index is 10.8. The molecule has 0 atom stereocenters. The summed E-state index contributed by atoms with van der Waals surface area (Å²) < 4.78 is 5.49. The van der Waals surface area contributed by atoms with Crippen LogP contribution in [0.25, 0.3) is 0 Å². The van der Waals surface area contributed by atoms with Crippen LogP contribution in [-0.4, -0.2) is 36.1 Å². The van der Waals surface area contributed by atoms with Gasteiger partial charge in [-0.3, -0.25) is 10.1 Å². The molecule has 0 unspecified atom stereocenters. The highest BCUT2D eigenvalue weighted by Crippen LogP contribution is 2.25. The average Bonchev–Trinajstić information content (AvgIpc) is 2.43. The number of hydrogen-bond donors (Lipinski definition) is 0. The summed E-state index contributed by atoms with van der Waals surface area (Å²) in [6.45, 7) is 7.98. The first-order valence-electron chi connectivity index (χ1n) is 6.77. The highest BCUT2D eigenvalue weighted by Gasteiger charge is 2.12. The zero-order chi connectivity index (χ0) is 14.1. The van der Waals surface area contributed by atoms with Gasteiger partial charge < -0.3 is 9.64 Å². The van der Waals surface area contributed by atoms with Gasteiger partial charge in [0.15, 0.2) is 5.75 Å². The van der Waals surface area contributed by atoms with E-state index < -0.39 is 4.92 Å². The number of unbranched alkanes of at least 4 members (excludes halogenated alkanes) is 1. The van der Waals surface area contributed by atoms with Gasteiger partial charge >= 0.3 is 5.69 Å². The monoisotopic (exact) mass is 266 g/mol. The van der Waals surface area contributed by atoms with Crippen LogP contribution in [0.4, 0.5) is 5.69 Å². The molecule has 0 fully saturated rings. The van der Waals surface area contributed by atoms with Gasteiger partial charge in [-0.1, -0.05) is 26.0 Å². The quantitative estimate of drug-likeness (QED) is 0.391. The Labute approximate surface area is 114 Å². The zero-order valence-corrected chi connectivity index (χ0v) is 11.7. The Bertz CT molecular complexity index is 392. The summed E-state index contributed by atoms with van der Waals surface area (Å²) in [5.74, 6) is 0.357.